The fourth-order valence-electron chi connectivity index (χ4n) is 0.427. The molecular weight excluding hydrogens is 199 g/mol. The highest BCUT2D eigenvalue weighted by molar-refractivity contribution is 7.30. The molecule has 0 saturated heterocycles. The molecule has 0 aliphatic rings. The van der Waals surface area contributed by atoms with E-state index in [4.69, 9.17) is 31.6 Å². The first-order chi connectivity index (χ1) is 5.91. The van der Waals surface area contributed by atoms with Gasteiger partial charge in [0.25, 0.3) is 0 Å². The Morgan fingerprint density at radius 3 is 1.23 bits per heavy atom. The van der Waals surface area contributed by atoms with E-state index >= 15 is 0 Å². The first kappa shape index (κ1) is 11.6. The summed E-state index contributed by atoms with van der Waals surface area (Å²) in [5.41, 5.74) is 15.4. The van der Waals surface area contributed by atoms with Crippen LogP contribution in [0.5, 0.6) is 0 Å². The minimum absolute atomic E-state index is 0.0417. The van der Waals surface area contributed by atoms with Crippen LogP contribution in [0, 0.1) is 0 Å². The molecule has 0 unspecified atom stereocenters. The van der Waals surface area contributed by atoms with Crippen LogP contribution in [0.25, 0.3) is 0 Å². The van der Waals surface area contributed by atoms with Gasteiger partial charge in [0.15, 0.2) is 0 Å². The van der Waals surface area contributed by atoms with Crippen molar-refractivity contribution in [2.45, 2.75) is 0 Å². The molecule has 13 heavy (non-hydrogen) atoms. The van der Waals surface area contributed by atoms with Crippen molar-refractivity contribution < 1.29 is 14.4 Å². The zero-order chi connectivity index (χ0) is 10.4. The van der Waals surface area contributed by atoms with Gasteiger partial charge in [-0.3, -0.25) is 4.57 Å². The van der Waals surface area contributed by atoms with Crippen molar-refractivity contribution in [3.05, 3.63) is 0 Å². The molecule has 10 heteroatoms. The monoisotopic (exact) mass is 208 g/mol. The molecule has 0 saturated carbocycles. The zero-order valence-corrected chi connectivity index (χ0v) is 7.38. The number of anilines is 3. The maximum Gasteiger partial charge on any atom is 0.314 e. The van der Waals surface area contributed by atoms with Crippen molar-refractivity contribution >= 4 is 26.1 Å². The Morgan fingerprint density at radius 2 is 1.08 bits per heavy atom. The molecule has 0 bridgehead atoms. The largest absolute Gasteiger partial charge is 0.368 e. The summed E-state index contributed by atoms with van der Waals surface area (Å²) in [5, 5.41) is 0. The van der Waals surface area contributed by atoms with Crippen LogP contribution in [0.1, 0.15) is 0 Å². The van der Waals surface area contributed by atoms with E-state index in [0.717, 1.165) is 0 Å². The third-order valence-corrected chi connectivity index (χ3v) is 0.687. The van der Waals surface area contributed by atoms with Gasteiger partial charge in [0.05, 0.1) is 0 Å². The smallest absolute Gasteiger partial charge is 0.314 e. The van der Waals surface area contributed by atoms with Gasteiger partial charge in [-0.05, 0) is 0 Å². The van der Waals surface area contributed by atoms with Crippen molar-refractivity contribution in [3.8, 4) is 0 Å². The van der Waals surface area contributed by atoms with E-state index in [1.54, 1.807) is 0 Å². The van der Waals surface area contributed by atoms with Gasteiger partial charge in [0, 0.05) is 0 Å². The third-order valence-electron chi connectivity index (χ3n) is 0.687. The fourth-order valence-corrected chi connectivity index (χ4v) is 0.427. The zero-order valence-electron chi connectivity index (χ0n) is 6.38. The lowest BCUT2D eigenvalue weighted by Gasteiger charge is -1.93. The molecule has 1 aromatic heterocycles. The van der Waals surface area contributed by atoms with Crippen molar-refractivity contribution in [2.75, 3.05) is 17.2 Å². The summed E-state index contributed by atoms with van der Waals surface area (Å²) in [4.78, 5) is 24.8. The van der Waals surface area contributed by atoms with E-state index in [0.29, 0.717) is 0 Å². The summed E-state index contributed by atoms with van der Waals surface area (Å²) >= 11 is 0. The van der Waals surface area contributed by atoms with Crippen LogP contribution in [-0.4, -0.2) is 24.7 Å². The molecule has 1 rings (SSSR count). The minimum Gasteiger partial charge on any atom is -0.368 e. The van der Waals surface area contributed by atoms with Crippen LogP contribution in [-0.2, 0) is 4.57 Å². The van der Waals surface area contributed by atoms with Gasteiger partial charge >= 0.3 is 8.25 Å². The summed E-state index contributed by atoms with van der Waals surface area (Å²) in [6.45, 7) is 0. The van der Waals surface area contributed by atoms with E-state index < -0.39 is 8.25 Å². The van der Waals surface area contributed by atoms with Crippen molar-refractivity contribution in [3.63, 3.8) is 0 Å². The molecule has 0 aliphatic carbocycles. The van der Waals surface area contributed by atoms with E-state index in [9.17, 15) is 0 Å². The molecule has 0 atom stereocenters. The number of hydrogen-bond acceptors (Lipinski definition) is 7. The highest BCUT2D eigenvalue weighted by Crippen LogP contribution is 1.98. The molecule has 0 amide bonds. The van der Waals surface area contributed by atoms with Gasteiger partial charge in [0.2, 0.25) is 17.8 Å². The topological polar surface area (TPSA) is 174 Å². The van der Waals surface area contributed by atoms with Crippen molar-refractivity contribution in [1.29, 1.82) is 0 Å². The molecular formula is C3H9N6O3P. The maximum atomic E-state index is 8.74. The second-order valence-corrected chi connectivity index (χ2v) is 2.26. The van der Waals surface area contributed by atoms with Crippen LogP contribution < -0.4 is 17.2 Å². The Hall–Kier alpha value is -1.44. The molecule has 0 radical (unpaired) electrons. The van der Waals surface area contributed by atoms with Gasteiger partial charge in [0.1, 0.15) is 0 Å². The van der Waals surface area contributed by atoms with Crippen molar-refractivity contribution in [1.82, 2.24) is 15.0 Å². The summed E-state index contributed by atoms with van der Waals surface area (Å²) in [5.74, 6) is 0.125. The molecule has 0 aliphatic heterocycles. The highest BCUT2D eigenvalue weighted by atomic mass is 31.1. The third kappa shape index (κ3) is 6.94. The normalized spacial score (nSPS) is 9.15. The Bertz CT molecular complexity index is 251. The summed E-state index contributed by atoms with van der Waals surface area (Å²) in [6, 6.07) is 0. The lowest BCUT2D eigenvalue weighted by Crippen LogP contribution is -2.05. The molecule has 9 nitrogen and oxygen atoms in total. The predicted octanol–water partition coefficient (Wildman–Crippen LogP) is -2.02. The summed E-state index contributed by atoms with van der Waals surface area (Å²) in [6.07, 6.45) is 0. The first-order valence-corrected chi connectivity index (χ1v) is 4.16. The quantitative estimate of drug-likeness (QED) is 0.301. The summed E-state index contributed by atoms with van der Waals surface area (Å²) in [7, 11) is -3.13. The van der Waals surface area contributed by atoms with Crippen LogP contribution >= 0.6 is 8.25 Å². The number of hydrogen-bond donors (Lipinski definition) is 5. The number of aromatic nitrogens is 3. The van der Waals surface area contributed by atoms with E-state index in [2.05, 4.69) is 15.0 Å². The maximum absolute atomic E-state index is 8.74. The fraction of sp³-hybridized carbons (Fsp3) is 0. The van der Waals surface area contributed by atoms with Crippen LogP contribution in [0.3, 0.4) is 0 Å². The Labute approximate surface area is 73.6 Å². The first-order valence-electron chi connectivity index (χ1n) is 2.86. The van der Waals surface area contributed by atoms with Gasteiger partial charge in [-0.1, -0.05) is 0 Å². The molecule has 0 aromatic carbocycles. The second kappa shape index (κ2) is 5.25. The molecule has 74 valence electrons. The van der Waals surface area contributed by atoms with Gasteiger partial charge in [-0.2, -0.15) is 15.0 Å². The minimum atomic E-state index is -3.13. The standard InChI is InChI=1S/C3H6N6.H3O3P/c4-1-7-2(5)9-3(6)8-1;1-4(2)3/h(H6,4,5,6,7,8,9);4H,(H2,1,2,3). The lowest BCUT2D eigenvalue weighted by atomic mass is 10.9. The highest BCUT2D eigenvalue weighted by Gasteiger charge is 1.93. The van der Waals surface area contributed by atoms with Gasteiger partial charge < -0.3 is 27.0 Å². The molecule has 8 N–H and O–H groups in total. The SMILES string of the molecule is Nc1nc(N)nc(N)n1.O=[PH](O)O. The average Bonchev–Trinajstić information content (AvgIpc) is 1.80. The van der Waals surface area contributed by atoms with Crippen LogP contribution in [0.4, 0.5) is 17.8 Å². The van der Waals surface area contributed by atoms with Crippen LogP contribution in [0.15, 0.2) is 0 Å². The van der Waals surface area contributed by atoms with E-state index in [-0.39, 0.29) is 17.8 Å². The number of nitrogens with two attached hydrogens (primary N) is 3. The Balaban J connectivity index is 0.000000310. The number of nitrogen functional groups attached to an aromatic ring is 3. The number of nitrogens with zero attached hydrogens (tertiary/aromatic N) is 3. The van der Waals surface area contributed by atoms with Crippen molar-refractivity contribution in [2.24, 2.45) is 0 Å². The lowest BCUT2D eigenvalue weighted by molar-refractivity contribution is 0.405. The Kier molecular flexibility index (Phi) is 4.67. The predicted molar refractivity (Wildman–Crippen MR) is 46.5 cm³/mol. The van der Waals surface area contributed by atoms with E-state index in [1.807, 2.05) is 0 Å². The Morgan fingerprint density at radius 1 is 0.923 bits per heavy atom. The van der Waals surface area contributed by atoms with E-state index in [1.165, 1.54) is 0 Å². The second-order valence-electron chi connectivity index (χ2n) is 1.69. The average molecular weight is 208 g/mol. The van der Waals surface area contributed by atoms with Gasteiger partial charge in [-0.15, -0.1) is 0 Å². The molecule has 0 fully saturated rings. The number of rotatable bonds is 0. The molecule has 1 aromatic rings. The van der Waals surface area contributed by atoms with Gasteiger partial charge in [-0.25, -0.2) is 0 Å². The molecule has 0 spiro atoms. The summed E-state index contributed by atoms with van der Waals surface area (Å²) < 4.78 is 8.74. The van der Waals surface area contributed by atoms with Crippen LogP contribution in [0.2, 0.25) is 0 Å². The molecule has 1 heterocycles.